The van der Waals surface area contributed by atoms with E-state index in [2.05, 4.69) is 29.1 Å². The molecule has 6 rings (SSSR count). The average molecular weight is 759 g/mol. The first-order valence-electron chi connectivity index (χ1n) is 17.3. The molecule has 2 bridgehead atoms. The van der Waals surface area contributed by atoms with Crippen LogP contribution in [0.4, 0.5) is 5.69 Å². The number of rotatable bonds is 14. The third-order valence-electron chi connectivity index (χ3n) is 10.6. The fourth-order valence-corrected chi connectivity index (χ4v) is 9.04. The van der Waals surface area contributed by atoms with Gasteiger partial charge in [0.15, 0.2) is 0 Å². The van der Waals surface area contributed by atoms with Crippen molar-refractivity contribution in [3.63, 3.8) is 0 Å². The van der Waals surface area contributed by atoms with E-state index in [0.29, 0.717) is 24.1 Å². The number of carbonyl (C=O) groups is 4. The number of β-amino-alcohol motifs (C(OH)–C–C–N with tert-alkyl or cyclic N) is 1. The lowest BCUT2D eigenvalue weighted by Gasteiger charge is -2.37. The number of allylic oxidation sites excluding steroid dienone is 1. The fourth-order valence-electron chi connectivity index (χ4n) is 8.09. The van der Waals surface area contributed by atoms with Crippen molar-refractivity contribution >= 4 is 56.1 Å². The van der Waals surface area contributed by atoms with Crippen LogP contribution in [0.5, 0.6) is 0 Å². The van der Waals surface area contributed by atoms with Gasteiger partial charge in [-0.1, -0.05) is 88.7 Å². The highest BCUT2D eigenvalue weighted by Gasteiger charge is 2.77. The second-order valence-corrected chi connectivity index (χ2v) is 14.7. The van der Waals surface area contributed by atoms with Gasteiger partial charge in [0.05, 0.1) is 30.6 Å². The number of esters is 1. The van der Waals surface area contributed by atoms with Gasteiger partial charge in [0, 0.05) is 37.1 Å². The first-order chi connectivity index (χ1) is 24.6. The lowest BCUT2D eigenvalue weighted by atomic mass is 9.70. The van der Waals surface area contributed by atoms with E-state index in [-0.39, 0.29) is 42.8 Å². The maximum absolute atomic E-state index is 14.8. The lowest BCUT2D eigenvalue weighted by Crippen LogP contribution is -2.57. The van der Waals surface area contributed by atoms with Gasteiger partial charge in [-0.2, -0.15) is 0 Å². The minimum absolute atomic E-state index is 0.114. The largest absolute Gasteiger partial charge is 0.455 e. The molecule has 3 aromatic carbocycles. The van der Waals surface area contributed by atoms with E-state index in [9.17, 15) is 24.3 Å². The van der Waals surface area contributed by atoms with Crippen LogP contribution < -0.4 is 4.90 Å². The molecule has 1 N–H and O–H groups in total. The molecule has 3 heterocycles. The van der Waals surface area contributed by atoms with Gasteiger partial charge in [0.1, 0.15) is 17.7 Å². The standard InChI is InChI=1S/C40H44BrN3O7/c1-5-7-17-31(46)42(4)25(3)34(27-14-9-8-10-15-27)50-39(49)32-33-37(47)44(21-22-45)36(40(33)24-30(41)35(32)51-40)38(48)43(20-6-2)29-19-18-26-13-11-12-16-28(26)23-29/h5-6,8-16,18-19,23,25,30,32-36,45H,1-2,7,17,20-22,24H2,3-4H3/t25-,30?,32-,33+,34+,35-,36-,40+/m0/s1. The van der Waals surface area contributed by atoms with Crippen LogP contribution in [0, 0.1) is 11.8 Å². The highest BCUT2D eigenvalue weighted by molar-refractivity contribution is 9.09. The molecule has 0 saturated carbocycles. The number of hydrogen-bond acceptors (Lipinski definition) is 7. The average Bonchev–Trinajstić information content (AvgIpc) is 3.74. The van der Waals surface area contributed by atoms with Crippen LogP contribution in [0.2, 0.25) is 0 Å². The Morgan fingerprint density at radius 1 is 1.08 bits per heavy atom. The van der Waals surface area contributed by atoms with E-state index in [0.717, 1.165) is 10.8 Å². The second-order valence-electron chi connectivity index (χ2n) is 13.5. The van der Waals surface area contributed by atoms with E-state index in [1.165, 1.54) is 4.90 Å². The van der Waals surface area contributed by atoms with Gasteiger partial charge in [-0.15, -0.1) is 13.2 Å². The van der Waals surface area contributed by atoms with E-state index >= 15 is 0 Å². The van der Waals surface area contributed by atoms with Crippen LogP contribution in [0.1, 0.15) is 37.9 Å². The molecule has 3 fully saturated rings. The van der Waals surface area contributed by atoms with Crippen LogP contribution in [-0.2, 0) is 28.7 Å². The Balaban J connectivity index is 1.35. The number of amides is 3. The van der Waals surface area contributed by atoms with Crippen molar-refractivity contribution in [3.05, 3.63) is 104 Å². The number of alkyl halides is 1. The molecule has 3 amide bonds. The monoisotopic (exact) mass is 757 g/mol. The first kappa shape index (κ1) is 36.5. The smallest absolute Gasteiger partial charge is 0.313 e. The minimum atomic E-state index is -1.35. The third kappa shape index (κ3) is 6.51. The van der Waals surface area contributed by atoms with Crippen molar-refractivity contribution in [1.29, 1.82) is 0 Å². The highest BCUT2D eigenvalue weighted by atomic mass is 79.9. The van der Waals surface area contributed by atoms with Gasteiger partial charge in [0.25, 0.3) is 5.91 Å². The maximum Gasteiger partial charge on any atom is 0.313 e. The van der Waals surface area contributed by atoms with Crippen molar-refractivity contribution in [2.75, 3.05) is 31.6 Å². The van der Waals surface area contributed by atoms with Gasteiger partial charge < -0.3 is 29.3 Å². The van der Waals surface area contributed by atoms with E-state index in [1.54, 1.807) is 29.0 Å². The zero-order valence-corrected chi connectivity index (χ0v) is 30.5. The Kier molecular flexibility index (Phi) is 10.8. The van der Waals surface area contributed by atoms with Crippen molar-refractivity contribution in [2.24, 2.45) is 11.8 Å². The molecule has 0 aliphatic carbocycles. The van der Waals surface area contributed by atoms with Gasteiger partial charge in [-0.3, -0.25) is 19.2 Å². The van der Waals surface area contributed by atoms with Crippen LogP contribution in [-0.4, -0.2) is 94.0 Å². The summed E-state index contributed by atoms with van der Waals surface area (Å²) in [5.74, 6) is -3.66. The molecule has 3 saturated heterocycles. The van der Waals surface area contributed by atoms with E-state index < -0.39 is 53.6 Å². The number of aliphatic hydroxyl groups excluding tert-OH is 1. The molecule has 51 heavy (non-hydrogen) atoms. The summed E-state index contributed by atoms with van der Waals surface area (Å²) in [6.45, 7) is 9.09. The van der Waals surface area contributed by atoms with Gasteiger partial charge in [-0.05, 0) is 48.2 Å². The molecular weight excluding hydrogens is 714 g/mol. The van der Waals surface area contributed by atoms with E-state index in [4.69, 9.17) is 9.47 Å². The molecule has 3 aliphatic heterocycles. The molecule has 8 atom stereocenters. The summed E-state index contributed by atoms with van der Waals surface area (Å²) in [6, 6.07) is 21.1. The lowest BCUT2D eigenvalue weighted by molar-refractivity contribution is -0.164. The summed E-state index contributed by atoms with van der Waals surface area (Å²) in [4.78, 5) is 60.9. The van der Waals surface area contributed by atoms with Gasteiger partial charge in [-0.25, -0.2) is 0 Å². The Labute approximate surface area is 306 Å². The second kappa shape index (κ2) is 15.1. The quantitative estimate of drug-likeness (QED) is 0.137. The van der Waals surface area contributed by atoms with Crippen LogP contribution >= 0.6 is 15.9 Å². The molecular formula is C40H44BrN3O7. The number of fused-ring (bicyclic) bond motifs is 2. The van der Waals surface area contributed by atoms with Crippen molar-refractivity contribution in [2.45, 2.75) is 60.9 Å². The van der Waals surface area contributed by atoms with Crippen LogP contribution in [0.15, 0.2) is 98.1 Å². The van der Waals surface area contributed by atoms with Crippen molar-refractivity contribution < 1.29 is 33.8 Å². The van der Waals surface area contributed by atoms with Crippen molar-refractivity contribution in [1.82, 2.24) is 9.80 Å². The normalized spacial score (nSPS) is 26.0. The zero-order valence-electron chi connectivity index (χ0n) is 28.9. The summed E-state index contributed by atoms with van der Waals surface area (Å²) < 4.78 is 13.0. The number of anilines is 1. The third-order valence-corrected chi connectivity index (χ3v) is 11.5. The SMILES string of the molecule is C=CCCC(=O)N(C)[C@@H](C)[C@@H](OC(=O)[C@@H]1[C@H]2O[C@@]3(CC2Br)[C@H](C(=O)N(CC=C)c2ccc4ccccc4c2)N(CCO)C(=O)[C@@H]13)c1ccccc1. The van der Waals surface area contributed by atoms with Gasteiger partial charge in [0.2, 0.25) is 11.8 Å². The predicted octanol–water partition coefficient (Wildman–Crippen LogP) is 5.20. The summed E-state index contributed by atoms with van der Waals surface area (Å²) in [6.07, 6.45) is 2.79. The Hall–Kier alpha value is -4.32. The first-order valence-corrected chi connectivity index (χ1v) is 18.3. The molecule has 0 aromatic heterocycles. The number of benzene rings is 3. The summed E-state index contributed by atoms with van der Waals surface area (Å²) in [7, 11) is 1.68. The number of nitrogens with zero attached hydrogens (tertiary/aromatic N) is 3. The minimum Gasteiger partial charge on any atom is -0.455 e. The van der Waals surface area contributed by atoms with Crippen LogP contribution in [0.25, 0.3) is 10.8 Å². The molecule has 0 radical (unpaired) electrons. The summed E-state index contributed by atoms with van der Waals surface area (Å²) in [5, 5.41) is 12.1. The van der Waals surface area contributed by atoms with Gasteiger partial charge >= 0.3 is 5.97 Å². The number of halogens is 1. The maximum atomic E-state index is 14.8. The summed E-state index contributed by atoms with van der Waals surface area (Å²) in [5.41, 5.74) is -0.0350. The van der Waals surface area contributed by atoms with Crippen molar-refractivity contribution in [3.8, 4) is 0 Å². The molecule has 11 heteroatoms. The number of carbonyl (C=O) groups excluding carboxylic acids is 4. The molecule has 3 aromatic rings. The summed E-state index contributed by atoms with van der Waals surface area (Å²) >= 11 is 3.72. The number of ether oxygens (including phenoxy) is 2. The molecule has 1 spiro atoms. The highest BCUT2D eigenvalue weighted by Crippen LogP contribution is 2.60. The Morgan fingerprint density at radius 3 is 2.47 bits per heavy atom. The zero-order chi connectivity index (χ0) is 36.4. The number of likely N-dealkylation sites (N-methyl/N-ethyl adjacent to an activating group) is 1. The number of likely N-dealkylation sites (tertiary alicyclic amines) is 1. The topological polar surface area (TPSA) is 117 Å². The Morgan fingerprint density at radius 2 is 1.78 bits per heavy atom. The fraction of sp³-hybridized carbons (Fsp3) is 0.400. The molecule has 1 unspecified atom stereocenters. The number of hydrogen-bond donors (Lipinski definition) is 1. The number of aliphatic hydroxyl groups is 1. The predicted molar refractivity (Wildman–Crippen MR) is 198 cm³/mol. The molecule has 3 aliphatic rings. The Bertz CT molecular complexity index is 1820. The van der Waals surface area contributed by atoms with E-state index in [1.807, 2.05) is 79.7 Å². The molecule has 10 nitrogen and oxygen atoms in total. The molecule has 268 valence electrons. The van der Waals surface area contributed by atoms with Crippen LogP contribution in [0.3, 0.4) is 0 Å².